The van der Waals surface area contributed by atoms with E-state index in [1.165, 1.54) is 11.8 Å². The maximum Gasteiger partial charge on any atom is 0.257 e. The van der Waals surface area contributed by atoms with Crippen LogP contribution in [-0.2, 0) is 4.79 Å². The zero-order valence-corrected chi connectivity index (χ0v) is 15.2. The summed E-state index contributed by atoms with van der Waals surface area (Å²) in [5.41, 5.74) is 4.85. The highest BCUT2D eigenvalue weighted by Gasteiger charge is 2.08. The number of nitrogens with zero attached hydrogens (tertiary/aromatic N) is 2. The van der Waals surface area contributed by atoms with E-state index in [4.69, 9.17) is 9.15 Å². The highest BCUT2D eigenvalue weighted by molar-refractivity contribution is 7.99. The van der Waals surface area contributed by atoms with Gasteiger partial charge in [0.2, 0.25) is 0 Å². The van der Waals surface area contributed by atoms with Crippen LogP contribution in [0.1, 0.15) is 18.9 Å². The van der Waals surface area contributed by atoms with Gasteiger partial charge in [0, 0.05) is 0 Å². The molecule has 0 radical (unpaired) electrons. The van der Waals surface area contributed by atoms with E-state index >= 15 is 0 Å². The number of carbonyl (C=O) groups excluding carboxylic acids is 1. The first-order valence-electron chi connectivity index (χ1n) is 8.28. The molecule has 1 N–H and O–H groups in total. The molecular formula is C19H19N3O3S. The van der Waals surface area contributed by atoms with E-state index in [0.717, 1.165) is 23.3 Å². The zero-order chi connectivity index (χ0) is 18.2. The second-order valence-electron chi connectivity index (χ2n) is 5.45. The van der Waals surface area contributed by atoms with E-state index in [2.05, 4.69) is 22.4 Å². The van der Waals surface area contributed by atoms with Crippen LogP contribution in [0.4, 0.5) is 0 Å². The number of para-hydroxylation sites is 2. The molecule has 7 heteroatoms. The summed E-state index contributed by atoms with van der Waals surface area (Å²) in [5, 5.41) is 4.42. The Balaban J connectivity index is 1.45. The van der Waals surface area contributed by atoms with Gasteiger partial charge >= 0.3 is 0 Å². The molecule has 0 bridgehead atoms. The lowest BCUT2D eigenvalue weighted by Gasteiger charge is -2.03. The van der Waals surface area contributed by atoms with Crippen molar-refractivity contribution in [3.05, 3.63) is 54.1 Å². The largest absolute Gasteiger partial charge is 0.494 e. The van der Waals surface area contributed by atoms with Crippen LogP contribution in [0.25, 0.3) is 11.1 Å². The Bertz CT molecular complexity index is 857. The Morgan fingerprint density at radius 1 is 1.27 bits per heavy atom. The first-order chi connectivity index (χ1) is 12.7. The van der Waals surface area contributed by atoms with Gasteiger partial charge < -0.3 is 9.15 Å². The summed E-state index contributed by atoms with van der Waals surface area (Å²) in [6.07, 6.45) is 2.56. The van der Waals surface area contributed by atoms with E-state index in [9.17, 15) is 4.79 Å². The number of rotatable bonds is 8. The normalized spacial score (nSPS) is 11.1. The maximum atomic E-state index is 11.9. The van der Waals surface area contributed by atoms with Gasteiger partial charge in [-0.15, -0.1) is 0 Å². The fourth-order valence-electron chi connectivity index (χ4n) is 2.12. The molecule has 0 spiro atoms. The van der Waals surface area contributed by atoms with Gasteiger partial charge in [0.1, 0.15) is 11.3 Å². The first kappa shape index (κ1) is 18.0. The van der Waals surface area contributed by atoms with Crippen molar-refractivity contribution in [2.45, 2.75) is 18.6 Å². The Kier molecular flexibility index (Phi) is 6.27. The summed E-state index contributed by atoms with van der Waals surface area (Å²) in [4.78, 5) is 16.2. The van der Waals surface area contributed by atoms with E-state index in [0.29, 0.717) is 17.4 Å². The lowest BCUT2D eigenvalue weighted by Crippen LogP contribution is -2.19. The highest BCUT2D eigenvalue weighted by Crippen LogP contribution is 2.22. The molecule has 0 atom stereocenters. The quantitative estimate of drug-likeness (QED) is 0.371. The Morgan fingerprint density at radius 2 is 2.08 bits per heavy atom. The molecule has 0 saturated heterocycles. The number of hydrogen-bond donors (Lipinski definition) is 1. The third-order valence-electron chi connectivity index (χ3n) is 3.36. The number of ether oxygens (including phenoxy) is 1. The summed E-state index contributed by atoms with van der Waals surface area (Å²) < 4.78 is 11.1. The number of benzene rings is 2. The molecule has 6 nitrogen and oxygen atoms in total. The molecule has 134 valence electrons. The average molecular weight is 369 g/mol. The van der Waals surface area contributed by atoms with Crippen molar-refractivity contribution in [3.8, 4) is 5.75 Å². The van der Waals surface area contributed by atoms with Gasteiger partial charge in [-0.1, -0.05) is 30.8 Å². The zero-order valence-electron chi connectivity index (χ0n) is 14.3. The predicted octanol–water partition coefficient (Wildman–Crippen LogP) is 3.86. The summed E-state index contributed by atoms with van der Waals surface area (Å²) in [7, 11) is 0. The van der Waals surface area contributed by atoms with Crippen LogP contribution in [0.2, 0.25) is 0 Å². The van der Waals surface area contributed by atoms with Gasteiger partial charge in [0.25, 0.3) is 11.1 Å². The van der Waals surface area contributed by atoms with Crippen molar-refractivity contribution in [2.75, 3.05) is 12.4 Å². The fraction of sp³-hybridized carbons (Fsp3) is 0.211. The molecule has 0 aliphatic carbocycles. The van der Waals surface area contributed by atoms with Crippen LogP contribution in [0.3, 0.4) is 0 Å². The molecule has 2 aromatic carbocycles. The Labute approximate surface area is 155 Å². The van der Waals surface area contributed by atoms with Crippen LogP contribution in [-0.4, -0.2) is 29.5 Å². The van der Waals surface area contributed by atoms with E-state index in [1.807, 2.05) is 48.5 Å². The van der Waals surface area contributed by atoms with Crippen LogP contribution in [0.15, 0.2) is 63.3 Å². The maximum absolute atomic E-state index is 11.9. The monoisotopic (exact) mass is 369 g/mol. The lowest BCUT2D eigenvalue weighted by atomic mass is 10.2. The molecule has 1 amide bonds. The molecule has 0 saturated carbocycles. The first-order valence-corrected chi connectivity index (χ1v) is 9.26. The van der Waals surface area contributed by atoms with E-state index < -0.39 is 0 Å². The van der Waals surface area contributed by atoms with Gasteiger partial charge in [-0.25, -0.2) is 10.4 Å². The number of hydrazone groups is 1. The van der Waals surface area contributed by atoms with Crippen LogP contribution >= 0.6 is 11.8 Å². The topological polar surface area (TPSA) is 76.7 Å². The minimum absolute atomic E-state index is 0.175. The molecule has 1 aromatic heterocycles. The summed E-state index contributed by atoms with van der Waals surface area (Å²) in [6.45, 7) is 2.76. The number of aromatic nitrogens is 1. The van der Waals surface area contributed by atoms with Crippen molar-refractivity contribution < 1.29 is 13.9 Å². The molecule has 26 heavy (non-hydrogen) atoms. The smallest absolute Gasteiger partial charge is 0.257 e. The van der Waals surface area contributed by atoms with Crippen molar-refractivity contribution >= 4 is 35.0 Å². The number of amides is 1. The molecule has 3 rings (SSSR count). The van der Waals surface area contributed by atoms with E-state index in [1.54, 1.807) is 6.21 Å². The molecule has 0 aliphatic rings. The number of nitrogens with one attached hydrogen (secondary N) is 1. The summed E-state index contributed by atoms with van der Waals surface area (Å²) in [5.74, 6) is 0.771. The third kappa shape index (κ3) is 5.10. The molecular weight excluding hydrogens is 350 g/mol. The molecule has 3 aromatic rings. The number of fused-ring (bicyclic) bond motifs is 1. The van der Waals surface area contributed by atoms with Crippen LogP contribution in [0.5, 0.6) is 5.75 Å². The van der Waals surface area contributed by atoms with Gasteiger partial charge in [0.15, 0.2) is 5.58 Å². The predicted molar refractivity (Wildman–Crippen MR) is 103 cm³/mol. The number of thioether (sulfide) groups is 1. The summed E-state index contributed by atoms with van der Waals surface area (Å²) >= 11 is 1.23. The van der Waals surface area contributed by atoms with Gasteiger partial charge in [-0.2, -0.15) is 5.10 Å². The fourth-order valence-corrected chi connectivity index (χ4v) is 2.75. The number of hydrogen-bond acceptors (Lipinski definition) is 6. The standard InChI is InChI=1S/C19H19N3O3S/c1-2-11-24-15-9-7-14(8-10-15)12-20-22-18(23)13-26-19-21-16-5-3-4-6-17(16)25-19/h3-10,12H,2,11,13H2,1H3,(H,22,23)/b20-12-. The van der Waals surface area contributed by atoms with Crippen LogP contribution < -0.4 is 10.2 Å². The van der Waals surface area contributed by atoms with Gasteiger partial charge in [-0.3, -0.25) is 4.79 Å². The molecule has 0 fully saturated rings. The third-order valence-corrected chi connectivity index (χ3v) is 4.18. The second kappa shape index (κ2) is 9.05. The van der Waals surface area contributed by atoms with Gasteiger partial charge in [-0.05, 0) is 48.4 Å². The van der Waals surface area contributed by atoms with Crippen LogP contribution in [0, 0.1) is 0 Å². The van der Waals surface area contributed by atoms with E-state index in [-0.39, 0.29) is 11.7 Å². The van der Waals surface area contributed by atoms with Gasteiger partial charge in [0.05, 0.1) is 18.6 Å². The molecule has 1 heterocycles. The highest BCUT2D eigenvalue weighted by atomic mass is 32.2. The summed E-state index contributed by atoms with van der Waals surface area (Å²) in [6, 6.07) is 15.0. The lowest BCUT2D eigenvalue weighted by molar-refractivity contribution is -0.118. The minimum Gasteiger partial charge on any atom is -0.494 e. The Hall–Kier alpha value is -2.80. The minimum atomic E-state index is -0.226. The number of carbonyl (C=O) groups is 1. The SMILES string of the molecule is CCCOc1ccc(/C=N\NC(=O)CSc2nc3ccccc3o2)cc1. The molecule has 0 aliphatic heterocycles. The van der Waals surface area contributed by atoms with Crippen molar-refractivity contribution in [2.24, 2.45) is 5.10 Å². The Morgan fingerprint density at radius 3 is 2.85 bits per heavy atom. The second-order valence-corrected chi connectivity index (χ2v) is 6.37. The average Bonchev–Trinajstić information content (AvgIpc) is 3.09. The van der Waals surface area contributed by atoms with Crippen molar-refractivity contribution in [1.82, 2.24) is 10.4 Å². The number of oxazole rings is 1. The molecule has 0 unspecified atom stereocenters. The van der Waals surface area contributed by atoms with Crippen molar-refractivity contribution in [3.63, 3.8) is 0 Å². The van der Waals surface area contributed by atoms with Crippen molar-refractivity contribution in [1.29, 1.82) is 0 Å².